The lowest BCUT2D eigenvalue weighted by Gasteiger charge is -2.42. The Morgan fingerprint density at radius 3 is 2.76 bits per heavy atom. The number of aromatic nitrogens is 5. The van der Waals surface area contributed by atoms with E-state index in [0.29, 0.717) is 42.4 Å². The van der Waals surface area contributed by atoms with Gasteiger partial charge < -0.3 is 15.2 Å². The molecule has 29 heavy (non-hydrogen) atoms. The first-order valence-corrected chi connectivity index (χ1v) is 9.46. The second-order valence-electron chi connectivity index (χ2n) is 7.55. The van der Waals surface area contributed by atoms with Crippen LogP contribution in [0, 0.1) is 5.92 Å². The molecule has 1 fully saturated rings. The van der Waals surface area contributed by atoms with Crippen molar-refractivity contribution in [2.45, 2.75) is 18.9 Å². The molecule has 0 spiro atoms. The third kappa shape index (κ3) is 3.14. The molecular formula is C20H19N7O2. The molecule has 5 heterocycles. The molecule has 3 aromatic heterocycles. The number of hydrogen-bond donors (Lipinski definition) is 1. The van der Waals surface area contributed by atoms with Gasteiger partial charge in [0.25, 0.3) is 11.5 Å². The van der Waals surface area contributed by atoms with E-state index in [-0.39, 0.29) is 23.3 Å². The highest BCUT2D eigenvalue weighted by Gasteiger charge is 2.37. The van der Waals surface area contributed by atoms with E-state index in [1.165, 1.54) is 18.7 Å². The number of carbonyl (C=O) groups is 1. The average molecular weight is 389 g/mol. The lowest BCUT2D eigenvalue weighted by molar-refractivity contribution is 0.0588. The van der Waals surface area contributed by atoms with Gasteiger partial charge in [0, 0.05) is 61.3 Å². The highest BCUT2D eigenvalue weighted by atomic mass is 16.2. The van der Waals surface area contributed by atoms with Crippen LogP contribution in [-0.4, -0.2) is 48.4 Å². The van der Waals surface area contributed by atoms with Crippen molar-refractivity contribution >= 4 is 11.7 Å². The SMILES string of the molecule is Nc1cc(-c2cc3n(c(=O)c2)C[C@H]2C[C@@H]3CN(C(=O)c3cnccn3)C2)ncn1. The number of hydrogen-bond acceptors (Lipinski definition) is 7. The van der Waals surface area contributed by atoms with E-state index in [9.17, 15) is 9.59 Å². The van der Waals surface area contributed by atoms with Gasteiger partial charge in [-0.2, -0.15) is 0 Å². The summed E-state index contributed by atoms with van der Waals surface area (Å²) < 4.78 is 1.83. The summed E-state index contributed by atoms with van der Waals surface area (Å²) in [6, 6.07) is 5.23. The molecule has 1 amide bonds. The quantitative estimate of drug-likeness (QED) is 0.692. The van der Waals surface area contributed by atoms with Gasteiger partial charge in [-0.05, 0) is 18.4 Å². The van der Waals surface area contributed by atoms with Crippen LogP contribution in [0.25, 0.3) is 11.3 Å². The Bertz CT molecular complexity index is 1150. The maximum Gasteiger partial charge on any atom is 0.274 e. The van der Waals surface area contributed by atoms with Crippen LogP contribution in [0.2, 0.25) is 0 Å². The zero-order valence-electron chi connectivity index (χ0n) is 15.6. The fourth-order valence-corrected chi connectivity index (χ4v) is 4.37. The molecule has 9 heteroatoms. The van der Waals surface area contributed by atoms with Crippen molar-refractivity contribution in [1.29, 1.82) is 0 Å². The zero-order chi connectivity index (χ0) is 20.0. The molecule has 0 aliphatic carbocycles. The fraction of sp³-hybridized carbons (Fsp3) is 0.300. The molecule has 2 atom stereocenters. The third-order valence-electron chi connectivity index (χ3n) is 5.61. The molecule has 2 aliphatic heterocycles. The molecule has 5 rings (SSSR count). The van der Waals surface area contributed by atoms with Crippen LogP contribution in [-0.2, 0) is 6.54 Å². The first-order chi connectivity index (χ1) is 14.1. The van der Waals surface area contributed by atoms with Gasteiger partial charge in [-0.25, -0.2) is 15.0 Å². The molecule has 146 valence electrons. The molecule has 0 aromatic carbocycles. The zero-order valence-corrected chi connectivity index (χ0v) is 15.6. The number of nitrogens with two attached hydrogens (primary N) is 1. The number of piperidine rings is 1. The Kier molecular flexibility index (Phi) is 4.08. The summed E-state index contributed by atoms with van der Waals surface area (Å²) in [5.41, 5.74) is 8.31. The van der Waals surface area contributed by atoms with Crippen LogP contribution in [0.4, 0.5) is 5.82 Å². The highest BCUT2D eigenvalue weighted by molar-refractivity contribution is 5.92. The van der Waals surface area contributed by atoms with Crippen molar-refractivity contribution in [1.82, 2.24) is 29.4 Å². The normalized spacial score (nSPS) is 20.2. The largest absolute Gasteiger partial charge is 0.384 e. The summed E-state index contributed by atoms with van der Waals surface area (Å²) in [6.45, 7) is 1.75. The first kappa shape index (κ1) is 17.5. The number of anilines is 1. The highest BCUT2D eigenvalue weighted by Crippen LogP contribution is 2.36. The van der Waals surface area contributed by atoms with Crippen LogP contribution in [0.15, 0.2) is 47.9 Å². The second-order valence-corrected chi connectivity index (χ2v) is 7.55. The standard InChI is InChI=1S/C20H19N7O2/c21-18-6-15(24-11-25-18)13-4-17-14-3-12(9-27(17)19(28)5-13)8-26(10-14)20(29)16-7-22-1-2-23-16/h1-2,4-7,11-12,14H,3,8-10H2,(H2,21,24,25)/t12-,14+/m0/s1. The number of carbonyl (C=O) groups excluding carboxylic acids is 1. The molecule has 2 bridgehead atoms. The lowest BCUT2D eigenvalue weighted by Crippen LogP contribution is -2.49. The number of rotatable bonds is 2. The minimum Gasteiger partial charge on any atom is -0.384 e. The van der Waals surface area contributed by atoms with Crippen molar-refractivity contribution < 1.29 is 4.79 Å². The van der Waals surface area contributed by atoms with E-state index in [4.69, 9.17) is 5.73 Å². The minimum absolute atomic E-state index is 0.0573. The van der Waals surface area contributed by atoms with Crippen molar-refractivity contribution in [2.24, 2.45) is 5.92 Å². The summed E-state index contributed by atoms with van der Waals surface area (Å²) in [5, 5.41) is 0. The van der Waals surface area contributed by atoms with Crippen LogP contribution in [0.5, 0.6) is 0 Å². The van der Waals surface area contributed by atoms with Crippen molar-refractivity contribution in [3.05, 3.63) is 64.9 Å². The van der Waals surface area contributed by atoms with Crippen LogP contribution in [0.3, 0.4) is 0 Å². The predicted molar refractivity (Wildman–Crippen MR) is 105 cm³/mol. The maximum absolute atomic E-state index is 12.9. The molecule has 0 radical (unpaired) electrons. The van der Waals surface area contributed by atoms with E-state index >= 15 is 0 Å². The van der Waals surface area contributed by atoms with E-state index in [1.54, 1.807) is 18.3 Å². The molecule has 9 nitrogen and oxygen atoms in total. The summed E-state index contributed by atoms with van der Waals surface area (Å²) in [7, 11) is 0. The number of nitrogens with zero attached hydrogens (tertiary/aromatic N) is 6. The van der Waals surface area contributed by atoms with Crippen LogP contribution < -0.4 is 11.3 Å². The Hall–Kier alpha value is -3.62. The molecule has 2 aliphatic rings. The van der Waals surface area contributed by atoms with Crippen molar-refractivity contribution in [3.8, 4) is 11.3 Å². The van der Waals surface area contributed by atoms with E-state index in [2.05, 4.69) is 19.9 Å². The van der Waals surface area contributed by atoms with Crippen molar-refractivity contribution in [2.75, 3.05) is 18.8 Å². The van der Waals surface area contributed by atoms with Crippen LogP contribution >= 0.6 is 0 Å². The third-order valence-corrected chi connectivity index (χ3v) is 5.61. The number of likely N-dealkylation sites (tertiary alicyclic amines) is 1. The minimum atomic E-state index is -0.122. The summed E-state index contributed by atoms with van der Waals surface area (Å²) >= 11 is 0. The van der Waals surface area contributed by atoms with E-state index < -0.39 is 0 Å². The van der Waals surface area contributed by atoms with Crippen LogP contribution in [0.1, 0.15) is 28.5 Å². The number of nitrogen functional groups attached to an aromatic ring is 1. The molecule has 0 unspecified atom stereocenters. The first-order valence-electron chi connectivity index (χ1n) is 9.46. The smallest absolute Gasteiger partial charge is 0.274 e. The van der Waals surface area contributed by atoms with Gasteiger partial charge in [-0.1, -0.05) is 0 Å². The predicted octanol–water partition coefficient (Wildman–Crippen LogP) is 0.937. The monoisotopic (exact) mass is 389 g/mol. The lowest BCUT2D eigenvalue weighted by atomic mass is 9.82. The number of amides is 1. The van der Waals surface area contributed by atoms with Gasteiger partial charge in [-0.3, -0.25) is 14.6 Å². The topological polar surface area (TPSA) is 120 Å². The maximum atomic E-state index is 12.9. The molecule has 1 saturated heterocycles. The summed E-state index contributed by atoms with van der Waals surface area (Å²) in [5.74, 6) is 0.546. The summed E-state index contributed by atoms with van der Waals surface area (Å²) in [4.78, 5) is 43.8. The summed E-state index contributed by atoms with van der Waals surface area (Å²) in [6.07, 6.45) is 6.89. The van der Waals surface area contributed by atoms with Gasteiger partial charge in [0.1, 0.15) is 17.8 Å². The van der Waals surface area contributed by atoms with Gasteiger partial charge >= 0.3 is 0 Å². The number of pyridine rings is 1. The van der Waals surface area contributed by atoms with Gasteiger partial charge in [0.2, 0.25) is 0 Å². The Morgan fingerprint density at radius 2 is 1.97 bits per heavy atom. The van der Waals surface area contributed by atoms with Gasteiger partial charge in [-0.15, -0.1) is 0 Å². The van der Waals surface area contributed by atoms with Gasteiger partial charge in [0.05, 0.1) is 11.9 Å². The van der Waals surface area contributed by atoms with Crippen molar-refractivity contribution in [3.63, 3.8) is 0 Å². The van der Waals surface area contributed by atoms with E-state index in [0.717, 1.165) is 12.1 Å². The Labute approximate surface area is 166 Å². The van der Waals surface area contributed by atoms with Gasteiger partial charge in [0.15, 0.2) is 0 Å². The Balaban J connectivity index is 1.50. The molecular weight excluding hydrogens is 370 g/mol. The fourth-order valence-electron chi connectivity index (χ4n) is 4.37. The second kappa shape index (κ2) is 6.77. The average Bonchev–Trinajstić information content (AvgIpc) is 2.74. The number of fused-ring (bicyclic) bond motifs is 4. The van der Waals surface area contributed by atoms with E-state index in [1.807, 2.05) is 15.5 Å². The molecule has 2 N–H and O–H groups in total. The molecule has 3 aromatic rings. The Morgan fingerprint density at radius 1 is 1.07 bits per heavy atom. The molecule has 0 saturated carbocycles.